The molecule has 0 saturated carbocycles. The predicted molar refractivity (Wildman–Crippen MR) is 102 cm³/mol. The number of pyridine rings is 1. The van der Waals surface area contributed by atoms with Crippen LogP contribution in [0, 0.1) is 13.8 Å². The Morgan fingerprint density at radius 1 is 0.833 bits per heavy atom. The minimum atomic E-state index is 1.07. The van der Waals surface area contributed by atoms with Gasteiger partial charge in [-0.2, -0.15) is 0 Å². The van der Waals surface area contributed by atoms with Crippen LogP contribution in [0.25, 0.3) is 10.9 Å². The second-order valence-corrected chi connectivity index (χ2v) is 5.95. The van der Waals surface area contributed by atoms with Crippen molar-refractivity contribution in [1.82, 2.24) is 14.5 Å². The van der Waals surface area contributed by atoms with E-state index in [9.17, 15) is 0 Å². The summed E-state index contributed by atoms with van der Waals surface area (Å²) in [5.74, 6) is 1.29. The predicted octanol–water partition coefficient (Wildman–Crippen LogP) is 5.49. The van der Waals surface area contributed by atoms with Crippen LogP contribution in [0.1, 0.15) is 50.3 Å². The molecule has 1 aliphatic heterocycles. The second kappa shape index (κ2) is 9.21. The minimum Gasteiger partial charge on any atom is -0.335 e. The molecule has 0 fully saturated rings. The van der Waals surface area contributed by atoms with Crippen LogP contribution >= 0.6 is 0 Å². The number of hydrogen-bond acceptors (Lipinski definition) is 2. The summed E-state index contributed by atoms with van der Waals surface area (Å²) in [6.45, 7) is 9.25. The van der Waals surface area contributed by atoms with E-state index in [0.717, 1.165) is 11.2 Å². The SMILES string of the molecule is CC.Cc1ccc2ccccc2n1.Cc1cn2c(n1)CCCCC2. The van der Waals surface area contributed by atoms with Crippen molar-refractivity contribution >= 4 is 10.9 Å². The van der Waals surface area contributed by atoms with Crippen LogP contribution in [0.5, 0.6) is 0 Å². The lowest BCUT2D eigenvalue weighted by Gasteiger charge is -1.99. The molecule has 0 saturated heterocycles. The Morgan fingerprint density at radius 3 is 2.46 bits per heavy atom. The molecule has 2 aromatic heterocycles. The Morgan fingerprint density at radius 2 is 1.62 bits per heavy atom. The van der Waals surface area contributed by atoms with Crippen LogP contribution in [-0.4, -0.2) is 14.5 Å². The molecule has 0 radical (unpaired) electrons. The zero-order chi connectivity index (χ0) is 17.4. The summed E-state index contributed by atoms with van der Waals surface area (Å²) in [6.07, 6.45) is 7.34. The van der Waals surface area contributed by atoms with Gasteiger partial charge in [0, 0.05) is 30.2 Å². The van der Waals surface area contributed by atoms with Gasteiger partial charge in [0.05, 0.1) is 11.2 Å². The first kappa shape index (κ1) is 18.2. The maximum atomic E-state index is 4.47. The third kappa shape index (κ3) is 4.92. The maximum absolute atomic E-state index is 4.47. The Bertz CT molecular complexity index is 735. The molecule has 0 spiro atoms. The van der Waals surface area contributed by atoms with Crippen molar-refractivity contribution in [3.05, 3.63) is 59.8 Å². The Hall–Kier alpha value is -2.16. The van der Waals surface area contributed by atoms with Gasteiger partial charge in [-0.3, -0.25) is 4.98 Å². The second-order valence-electron chi connectivity index (χ2n) is 5.95. The fraction of sp³-hybridized carbons (Fsp3) is 0.429. The van der Waals surface area contributed by atoms with Gasteiger partial charge in [-0.15, -0.1) is 0 Å². The third-order valence-corrected chi connectivity index (χ3v) is 4.02. The normalized spacial score (nSPS) is 13.0. The molecule has 3 nitrogen and oxygen atoms in total. The Balaban J connectivity index is 0.000000158. The number of nitrogens with zero attached hydrogens (tertiary/aromatic N) is 3. The molecule has 3 heteroatoms. The highest BCUT2D eigenvalue weighted by atomic mass is 15.1. The molecule has 128 valence electrons. The first-order valence-corrected chi connectivity index (χ1v) is 9.07. The minimum absolute atomic E-state index is 1.07. The van der Waals surface area contributed by atoms with E-state index < -0.39 is 0 Å². The van der Waals surface area contributed by atoms with Gasteiger partial charge < -0.3 is 4.57 Å². The van der Waals surface area contributed by atoms with Crippen LogP contribution in [0.3, 0.4) is 0 Å². The van der Waals surface area contributed by atoms with E-state index in [4.69, 9.17) is 0 Å². The van der Waals surface area contributed by atoms with Crippen molar-refractivity contribution in [3.8, 4) is 0 Å². The van der Waals surface area contributed by atoms with Gasteiger partial charge in [-0.25, -0.2) is 4.98 Å². The summed E-state index contributed by atoms with van der Waals surface area (Å²) >= 11 is 0. The standard InChI is InChI=1S/C10H9N.C9H14N2.C2H6/c1-8-6-7-9-4-2-3-5-10(9)11-8;1-8-7-11-6-4-2-3-5-9(11)10-8;1-2/h2-7H,1H3;7H,2-6H2,1H3;1-2H3. The summed E-state index contributed by atoms with van der Waals surface area (Å²) in [4.78, 5) is 8.85. The van der Waals surface area contributed by atoms with Crippen LogP contribution in [0.15, 0.2) is 42.6 Å². The highest BCUT2D eigenvalue weighted by Crippen LogP contribution is 2.13. The lowest BCUT2D eigenvalue weighted by molar-refractivity contribution is 0.634. The largest absolute Gasteiger partial charge is 0.335 e. The average molecular weight is 323 g/mol. The van der Waals surface area contributed by atoms with Crippen molar-refractivity contribution in [1.29, 1.82) is 0 Å². The molecule has 0 N–H and O–H groups in total. The summed E-state index contributed by atoms with van der Waals surface area (Å²) in [6, 6.07) is 12.3. The molecule has 0 amide bonds. The van der Waals surface area contributed by atoms with Gasteiger partial charge in [-0.1, -0.05) is 44.5 Å². The first-order valence-electron chi connectivity index (χ1n) is 9.07. The van der Waals surface area contributed by atoms with Crippen LogP contribution in [0.2, 0.25) is 0 Å². The first-order chi connectivity index (χ1) is 11.7. The van der Waals surface area contributed by atoms with Crippen LogP contribution in [0.4, 0.5) is 0 Å². The smallest absolute Gasteiger partial charge is 0.108 e. The van der Waals surface area contributed by atoms with E-state index in [1.54, 1.807) is 0 Å². The Labute approximate surface area is 145 Å². The molecule has 3 aromatic rings. The number of para-hydroxylation sites is 1. The van der Waals surface area contributed by atoms with Crippen LogP contribution in [-0.2, 0) is 13.0 Å². The number of imidazole rings is 1. The number of aryl methyl sites for hydroxylation is 4. The van der Waals surface area contributed by atoms with E-state index >= 15 is 0 Å². The zero-order valence-corrected chi connectivity index (χ0v) is 15.4. The van der Waals surface area contributed by atoms with E-state index in [2.05, 4.69) is 39.8 Å². The Kier molecular flexibility index (Phi) is 6.98. The summed E-state index contributed by atoms with van der Waals surface area (Å²) in [7, 11) is 0. The molecule has 4 rings (SSSR count). The maximum Gasteiger partial charge on any atom is 0.108 e. The molecule has 0 unspecified atom stereocenters. The van der Waals surface area contributed by atoms with Gasteiger partial charge in [0.2, 0.25) is 0 Å². The number of aromatic nitrogens is 3. The zero-order valence-electron chi connectivity index (χ0n) is 15.4. The quantitative estimate of drug-likeness (QED) is 0.548. The molecule has 0 aliphatic carbocycles. The lowest BCUT2D eigenvalue weighted by atomic mass is 10.2. The number of hydrogen-bond donors (Lipinski definition) is 0. The monoisotopic (exact) mass is 323 g/mol. The highest BCUT2D eigenvalue weighted by molar-refractivity contribution is 5.78. The third-order valence-electron chi connectivity index (χ3n) is 4.02. The number of fused-ring (bicyclic) bond motifs is 2. The summed E-state index contributed by atoms with van der Waals surface area (Å²) in [5, 5.41) is 1.21. The average Bonchev–Trinajstić information content (AvgIpc) is 2.82. The topological polar surface area (TPSA) is 30.7 Å². The molecule has 1 aromatic carbocycles. The highest BCUT2D eigenvalue weighted by Gasteiger charge is 2.08. The number of rotatable bonds is 0. The van der Waals surface area contributed by atoms with Crippen LogP contribution < -0.4 is 0 Å². The van der Waals surface area contributed by atoms with E-state index in [1.165, 1.54) is 49.1 Å². The van der Waals surface area contributed by atoms with Gasteiger partial charge in [-0.05, 0) is 38.8 Å². The van der Waals surface area contributed by atoms with Crippen molar-refractivity contribution in [2.75, 3.05) is 0 Å². The molecule has 0 bridgehead atoms. The molecule has 3 heterocycles. The molecular weight excluding hydrogens is 294 g/mol. The molecular formula is C21H29N3. The fourth-order valence-corrected chi connectivity index (χ4v) is 2.90. The fourth-order valence-electron chi connectivity index (χ4n) is 2.90. The van der Waals surface area contributed by atoms with Gasteiger partial charge >= 0.3 is 0 Å². The van der Waals surface area contributed by atoms with Gasteiger partial charge in [0.1, 0.15) is 5.82 Å². The molecule has 1 aliphatic rings. The van der Waals surface area contributed by atoms with Crippen molar-refractivity contribution in [2.45, 2.75) is 59.9 Å². The number of benzene rings is 1. The van der Waals surface area contributed by atoms with E-state index in [1.807, 2.05) is 45.0 Å². The van der Waals surface area contributed by atoms with E-state index in [0.29, 0.717) is 0 Å². The van der Waals surface area contributed by atoms with Gasteiger partial charge in [0.15, 0.2) is 0 Å². The molecule has 0 atom stereocenters. The summed E-state index contributed by atoms with van der Waals surface area (Å²) < 4.78 is 2.31. The van der Waals surface area contributed by atoms with E-state index in [-0.39, 0.29) is 0 Å². The summed E-state index contributed by atoms with van der Waals surface area (Å²) in [5.41, 5.74) is 3.32. The van der Waals surface area contributed by atoms with Crippen molar-refractivity contribution < 1.29 is 0 Å². The van der Waals surface area contributed by atoms with Crippen molar-refractivity contribution in [2.24, 2.45) is 0 Å². The molecule has 24 heavy (non-hydrogen) atoms. The van der Waals surface area contributed by atoms with Crippen molar-refractivity contribution in [3.63, 3.8) is 0 Å². The lowest BCUT2D eigenvalue weighted by Crippen LogP contribution is -1.98. The van der Waals surface area contributed by atoms with Gasteiger partial charge in [0.25, 0.3) is 0 Å².